The Bertz CT molecular complexity index is 994. The molecule has 2 atom stereocenters. The first-order valence-corrected chi connectivity index (χ1v) is 10.9. The average molecular weight is 422 g/mol. The monoisotopic (exact) mass is 421 g/mol. The molecule has 0 fully saturated rings. The van der Waals surface area contributed by atoms with E-state index in [4.69, 9.17) is 14.3 Å². The molecule has 0 saturated heterocycles. The Morgan fingerprint density at radius 1 is 1.19 bits per heavy atom. The van der Waals surface area contributed by atoms with Gasteiger partial charge in [0.15, 0.2) is 6.61 Å². The predicted octanol–water partition coefficient (Wildman–Crippen LogP) is 5.82. The molecule has 1 aliphatic heterocycles. The number of benzene rings is 2. The van der Waals surface area contributed by atoms with Crippen molar-refractivity contribution < 1.29 is 19.4 Å². The number of rotatable bonds is 6. The maximum atomic E-state index is 10.9. The quantitative estimate of drug-likeness (QED) is 0.276. The molecule has 5 nitrogen and oxygen atoms in total. The molecule has 0 bridgehead atoms. The van der Waals surface area contributed by atoms with Gasteiger partial charge in [-0.05, 0) is 64.8 Å². The number of fused-ring (bicyclic) bond motifs is 3. The highest BCUT2D eigenvalue weighted by Crippen LogP contribution is 2.54. The molecule has 4 rings (SSSR count). The molecule has 0 spiro atoms. The molecule has 1 N–H and O–H groups in total. The number of ether oxygens (including phenoxy) is 2. The Balaban J connectivity index is 1.47. The van der Waals surface area contributed by atoms with Crippen molar-refractivity contribution in [2.24, 2.45) is 11.1 Å². The molecule has 2 aliphatic rings. The summed E-state index contributed by atoms with van der Waals surface area (Å²) in [5, 5.41) is 15.1. The zero-order valence-electron chi connectivity index (χ0n) is 18.7. The lowest BCUT2D eigenvalue weighted by atomic mass is 9.67. The third-order valence-corrected chi connectivity index (χ3v) is 6.31. The van der Waals surface area contributed by atoms with Crippen molar-refractivity contribution in [3.63, 3.8) is 0 Å². The molecule has 0 aromatic heterocycles. The summed E-state index contributed by atoms with van der Waals surface area (Å²) in [6, 6.07) is 13.4. The van der Waals surface area contributed by atoms with Crippen LogP contribution < -0.4 is 9.47 Å². The SMILES string of the molecule is CC1=CC[C@H]2[C@H](C1)c1c(O)cc(/C(C)=N/OCCOc3ccccc3)cc1OC2(C)C. The van der Waals surface area contributed by atoms with Crippen LogP contribution in [-0.2, 0) is 4.84 Å². The van der Waals surface area contributed by atoms with E-state index in [0.717, 1.165) is 35.5 Å². The summed E-state index contributed by atoms with van der Waals surface area (Å²) >= 11 is 0. The zero-order chi connectivity index (χ0) is 22.0. The average Bonchev–Trinajstić information content (AvgIpc) is 2.73. The molecule has 0 radical (unpaired) electrons. The lowest BCUT2D eigenvalue weighted by molar-refractivity contribution is 0.00759. The van der Waals surface area contributed by atoms with Crippen molar-refractivity contribution in [2.45, 2.75) is 52.1 Å². The smallest absolute Gasteiger partial charge is 0.151 e. The molecule has 31 heavy (non-hydrogen) atoms. The molecular weight excluding hydrogens is 390 g/mol. The largest absolute Gasteiger partial charge is 0.507 e. The number of hydrogen-bond acceptors (Lipinski definition) is 5. The predicted molar refractivity (Wildman–Crippen MR) is 122 cm³/mol. The number of hydrogen-bond donors (Lipinski definition) is 1. The highest BCUT2D eigenvalue weighted by Gasteiger charge is 2.45. The standard InChI is InChI=1S/C26H31NO4/c1-17-10-11-22-21(14-17)25-23(28)15-19(16-24(25)31-26(22,3)4)18(2)27-30-13-12-29-20-8-6-5-7-9-20/h5-10,15-16,21-22,28H,11-14H2,1-4H3/b27-18+/t21-,22-/m0/s1. The summed E-state index contributed by atoms with van der Waals surface area (Å²) in [5.74, 6) is 2.44. The summed E-state index contributed by atoms with van der Waals surface area (Å²) in [6.07, 6.45) is 4.23. The lowest BCUT2D eigenvalue weighted by Gasteiger charge is -2.47. The van der Waals surface area contributed by atoms with Crippen molar-refractivity contribution in [2.75, 3.05) is 13.2 Å². The summed E-state index contributed by atoms with van der Waals surface area (Å²) in [4.78, 5) is 5.43. The minimum Gasteiger partial charge on any atom is -0.507 e. The topological polar surface area (TPSA) is 60.3 Å². The van der Waals surface area contributed by atoms with Crippen LogP contribution in [0.5, 0.6) is 17.2 Å². The first kappa shape index (κ1) is 21.3. The number of phenolic OH excluding ortho intramolecular Hbond substituents is 1. The van der Waals surface area contributed by atoms with E-state index in [1.807, 2.05) is 43.3 Å². The van der Waals surface area contributed by atoms with Gasteiger partial charge in [0.1, 0.15) is 29.5 Å². The fourth-order valence-corrected chi connectivity index (χ4v) is 4.68. The highest BCUT2D eigenvalue weighted by molar-refractivity contribution is 5.99. The molecule has 0 unspecified atom stereocenters. The Morgan fingerprint density at radius 3 is 2.74 bits per heavy atom. The minimum absolute atomic E-state index is 0.265. The second-order valence-corrected chi connectivity index (χ2v) is 8.99. The van der Waals surface area contributed by atoms with Crippen LogP contribution in [-0.4, -0.2) is 29.6 Å². The Kier molecular flexibility index (Phi) is 5.94. The van der Waals surface area contributed by atoms with Crippen LogP contribution in [0.2, 0.25) is 0 Å². The molecule has 1 aliphatic carbocycles. The lowest BCUT2D eigenvalue weighted by Crippen LogP contribution is -2.45. The van der Waals surface area contributed by atoms with Gasteiger partial charge in [0.2, 0.25) is 0 Å². The fourth-order valence-electron chi connectivity index (χ4n) is 4.68. The van der Waals surface area contributed by atoms with Crippen molar-refractivity contribution in [1.82, 2.24) is 0 Å². The minimum atomic E-state index is -0.295. The normalized spacial score (nSPS) is 21.9. The Labute approximate surface area is 184 Å². The van der Waals surface area contributed by atoms with E-state index in [9.17, 15) is 5.11 Å². The zero-order valence-corrected chi connectivity index (χ0v) is 18.7. The number of oxime groups is 1. The number of nitrogens with zero attached hydrogens (tertiary/aromatic N) is 1. The van der Waals surface area contributed by atoms with Gasteiger partial charge in [0, 0.05) is 23.0 Å². The first-order chi connectivity index (χ1) is 14.8. The molecule has 1 heterocycles. The first-order valence-electron chi connectivity index (χ1n) is 10.9. The van der Waals surface area contributed by atoms with Gasteiger partial charge in [-0.25, -0.2) is 0 Å². The van der Waals surface area contributed by atoms with Gasteiger partial charge in [-0.15, -0.1) is 0 Å². The van der Waals surface area contributed by atoms with Gasteiger partial charge in [-0.2, -0.15) is 0 Å². The van der Waals surface area contributed by atoms with Crippen LogP contribution in [0.25, 0.3) is 0 Å². The van der Waals surface area contributed by atoms with E-state index < -0.39 is 0 Å². The number of allylic oxidation sites excluding steroid dienone is 2. The van der Waals surface area contributed by atoms with Crippen LogP contribution in [0.15, 0.2) is 59.3 Å². The molecule has 164 valence electrons. The Morgan fingerprint density at radius 2 is 1.97 bits per heavy atom. The molecule has 0 saturated carbocycles. The summed E-state index contributed by atoms with van der Waals surface area (Å²) < 4.78 is 12.0. The molecule has 2 aromatic carbocycles. The third-order valence-electron chi connectivity index (χ3n) is 6.31. The van der Waals surface area contributed by atoms with E-state index in [0.29, 0.717) is 24.8 Å². The molecule has 2 aromatic rings. The van der Waals surface area contributed by atoms with Crippen molar-refractivity contribution in [3.8, 4) is 17.2 Å². The number of para-hydroxylation sites is 1. The van der Waals surface area contributed by atoms with E-state index >= 15 is 0 Å². The van der Waals surface area contributed by atoms with Crippen molar-refractivity contribution >= 4 is 5.71 Å². The third kappa shape index (κ3) is 4.55. The van der Waals surface area contributed by atoms with Gasteiger partial charge < -0.3 is 19.4 Å². The van der Waals surface area contributed by atoms with Crippen LogP contribution >= 0.6 is 0 Å². The maximum absolute atomic E-state index is 10.9. The molecule has 5 heteroatoms. The highest BCUT2D eigenvalue weighted by atomic mass is 16.6. The Hall–Kier alpha value is -2.95. The second-order valence-electron chi connectivity index (χ2n) is 8.99. The van der Waals surface area contributed by atoms with Gasteiger partial charge in [0.25, 0.3) is 0 Å². The molecule has 0 amide bonds. The van der Waals surface area contributed by atoms with E-state index in [-0.39, 0.29) is 17.3 Å². The van der Waals surface area contributed by atoms with Crippen molar-refractivity contribution in [1.29, 1.82) is 0 Å². The van der Waals surface area contributed by atoms with Gasteiger partial charge in [-0.3, -0.25) is 0 Å². The number of aromatic hydroxyl groups is 1. The van der Waals surface area contributed by atoms with Gasteiger partial charge >= 0.3 is 0 Å². The van der Waals surface area contributed by atoms with Crippen LogP contribution in [0.1, 0.15) is 57.6 Å². The van der Waals surface area contributed by atoms with Crippen LogP contribution in [0.4, 0.5) is 0 Å². The summed E-state index contributed by atoms with van der Waals surface area (Å²) in [7, 11) is 0. The molecular formula is C26H31NO4. The van der Waals surface area contributed by atoms with Crippen molar-refractivity contribution in [3.05, 3.63) is 65.2 Å². The second kappa shape index (κ2) is 8.66. The fraction of sp³-hybridized carbons (Fsp3) is 0.423. The van der Waals surface area contributed by atoms with Gasteiger partial charge in [-0.1, -0.05) is 35.0 Å². The number of phenols is 1. The summed E-state index contributed by atoms with van der Waals surface area (Å²) in [6.45, 7) is 9.06. The van der Waals surface area contributed by atoms with E-state index in [1.165, 1.54) is 5.57 Å². The van der Waals surface area contributed by atoms with E-state index in [2.05, 4.69) is 32.0 Å². The van der Waals surface area contributed by atoms with Crippen LogP contribution in [0, 0.1) is 5.92 Å². The summed E-state index contributed by atoms with van der Waals surface area (Å²) in [5.41, 5.74) is 3.47. The maximum Gasteiger partial charge on any atom is 0.151 e. The van der Waals surface area contributed by atoms with Gasteiger partial charge in [0.05, 0.1) is 5.71 Å². The van der Waals surface area contributed by atoms with Crippen LogP contribution in [0.3, 0.4) is 0 Å². The van der Waals surface area contributed by atoms with E-state index in [1.54, 1.807) is 6.07 Å².